The summed E-state index contributed by atoms with van der Waals surface area (Å²) in [6.07, 6.45) is -3.28. The highest BCUT2D eigenvalue weighted by atomic mass is 32.2. The number of fused-ring (bicyclic) bond motifs is 1. The second kappa shape index (κ2) is 7.64. The molecule has 2 atom stereocenters. The van der Waals surface area contributed by atoms with Gasteiger partial charge in [0.05, 0.1) is 0 Å². The molecule has 0 bridgehead atoms. The van der Waals surface area contributed by atoms with E-state index in [4.69, 9.17) is 0 Å². The standard InChI is InChI=1S/C19H26F4N2OS/c1-11(2)9-25-10-14(13-8-15(20)12(3)7-16(13)25)17(19(21,22)23)24-27(26)18(4,5)6/h7-8,10-11,17,24H,9H2,1-6H3/t17-,27-/m0/s1. The minimum Gasteiger partial charge on any atom is -0.598 e. The molecule has 1 aromatic carbocycles. The van der Waals surface area contributed by atoms with E-state index in [0.717, 1.165) is 6.07 Å². The van der Waals surface area contributed by atoms with Gasteiger partial charge in [0.15, 0.2) is 6.04 Å². The number of nitrogens with one attached hydrogen (secondary N) is 1. The van der Waals surface area contributed by atoms with Crippen molar-refractivity contribution in [2.75, 3.05) is 0 Å². The SMILES string of the molecule is Cc1cc2c(cc1F)c([C@H](N[S@@+]([O-])C(C)(C)C)C(F)(F)F)cn2CC(C)C. The molecule has 8 heteroatoms. The van der Waals surface area contributed by atoms with Gasteiger partial charge < -0.3 is 9.12 Å². The van der Waals surface area contributed by atoms with Gasteiger partial charge in [-0.2, -0.15) is 13.2 Å². The minimum atomic E-state index is -4.68. The lowest BCUT2D eigenvalue weighted by atomic mass is 10.0. The van der Waals surface area contributed by atoms with E-state index >= 15 is 0 Å². The van der Waals surface area contributed by atoms with Crippen LogP contribution >= 0.6 is 0 Å². The molecule has 0 aliphatic heterocycles. The molecule has 152 valence electrons. The van der Waals surface area contributed by atoms with Gasteiger partial charge in [-0.05, 0) is 51.3 Å². The summed E-state index contributed by atoms with van der Waals surface area (Å²) in [6, 6.07) is 0.540. The van der Waals surface area contributed by atoms with Crippen LogP contribution in [-0.2, 0) is 17.9 Å². The Morgan fingerprint density at radius 1 is 1.19 bits per heavy atom. The Hall–Kier alpha value is -1.25. The van der Waals surface area contributed by atoms with Crippen LogP contribution in [0.25, 0.3) is 10.9 Å². The average molecular weight is 406 g/mol. The van der Waals surface area contributed by atoms with Gasteiger partial charge in [0.2, 0.25) is 0 Å². The van der Waals surface area contributed by atoms with E-state index in [1.54, 1.807) is 38.3 Å². The predicted octanol–water partition coefficient (Wildman–Crippen LogP) is 5.40. The molecule has 1 aromatic heterocycles. The fourth-order valence-electron chi connectivity index (χ4n) is 2.81. The van der Waals surface area contributed by atoms with E-state index in [9.17, 15) is 22.1 Å². The van der Waals surface area contributed by atoms with E-state index in [1.807, 2.05) is 13.8 Å². The van der Waals surface area contributed by atoms with Crippen LogP contribution in [0.15, 0.2) is 18.3 Å². The molecule has 27 heavy (non-hydrogen) atoms. The number of alkyl halides is 3. The van der Waals surface area contributed by atoms with E-state index in [1.165, 1.54) is 6.20 Å². The van der Waals surface area contributed by atoms with Crippen molar-refractivity contribution in [1.29, 1.82) is 0 Å². The Morgan fingerprint density at radius 2 is 1.78 bits per heavy atom. The van der Waals surface area contributed by atoms with Gasteiger partial charge in [0.25, 0.3) is 0 Å². The number of hydrogen-bond acceptors (Lipinski definition) is 2. The third-order valence-corrected chi connectivity index (χ3v) is 5.74. The summed E-state index contributed by atoms with van der Waals surface area (Å²) in [5, 5.41) is 0.180. The van der Waals surface area contributed by atoms with Crippen molar-refractivity contribution in [2.24, 2.45) is 5.92 Å². The van der Waals surface area contributed by atoms with E-state index < -0.39 is 34.1 Å². The molecule has 0 radical (unpaired) electrons. The number of aryl methyl sites for hydroxylation is 1. The normalized spacial score (nSPS) is 15.6. The van der Waals surface area contributed by atoms with Crippen LogP contribution in [0.5, 0.6) is 0 Å². The van der Waals surface area contributed by atoms with Crippen LogP contribution in [0.4, 0.5) is 17.6 Å². The zero-order valence-corrected chi connectivity index (χ0v) is 17.2. The summed E-state index contributed by atoms with van der Waals surface area (Å²) in [5.74, 6) is -0.372. The van der Waals surface area contributed by atoms with Crippen LogP contribution in [0.1, 0.15) is 51.8 Å². The second-order valence-electron chi connectivity index (χ2n) is 8.22. The maximum Gasteiger partial charge on any atom is 0.412 e. The van der Waals surface area contributed by atoms with Gasteiger partial charge in [0.1, 0.15) is 10.6 Å². The van der Waals surface area contributed by atoms with E-state index in [2.05, 4.69) is 4.72 Å². The Bertz CT molecular complexity index is 809. The van der Waals surface area contributed by atoms with Gasteiger partial charge in [0, 0.05) is 40.6 Å². The Balaban J connectivity index is 2.66. The number of nitrogens with zero attached hydrogens (tertiary/aromatic N) is 1. The molecule has 0 fully saturated rings. The fourth-order valence-corrected chi connectivity index (χ4v) is 3.64. The number of halogens is 4. The number of hydrogen-bond donors (Lipinski definition) is 1. The van der Waals surface area contributed by atoms with Crippen molar-refractivity contribution in [2.45, 2.75) is 65.1 Å². The van der Waals surface area contributed by atoms with Crippen LogP contribution in [0.3, 0.4) is 0 Å². The third-order valence-electron chi connectivity index (χ3n) is 4.17. The first kappa shape index (κ1) is 22.0. The lowest BCUT2D eigenvalue weighted by Crippen LogP contribution is -2.45. The summed E-state index contributed by atoms with van der Waals surface area (Å²) < 4.78 is 71.1. The Labute approximate surface area is 160 Å². The van der Waals surface area contributed by atoms with Gasteiger partial charge in [-0.15, -0.1) is 4.72 Å². The van der Waals surface area contributed by atoms with Crippen LogP contribution in [0.2, 0.25) is 0 Å². The van der Waals surface area contributed by atoms with Crippen molar-refractivity contribution < 1.29 is 22.1 Å². The molecule has 0 amide bonds. The maximum absolute atomic E-state index is 14.1. The molecular weight excluding hydrogens is 380 g/mol. The maximum atomic E-state index is 14.1. The largest absolute Gasteiger partial charge is 0.598 e. The summed E-state index contributed by atoms with van der Waals surface area (Å²) in [7, 11) is 0. The Kier molecular flexibility index (Phi) is 6.24. The number of rotatable bonds is 5. The van der Waals surface area contributed by atoms with Crippen molar-refractivity contribution >= 4 is 22.3 Å². The summed E-state index contributed by atoms with van der Waals surface area (Å²) in [4.78, 5) is 0. The molecule has 0 aliphatic rings. The van der Waals surface area contributed by atoms with E-state index in [-0.39, 0.29) is 16.9 Å². The number of benzene rings is 1. The highest BCUT2D eigenvalue weighted by molar-refractivity contribution is 7.90. The summed E-state index contributed by atoms with van der Waals surface area (Å²) >= 11 is -1.94. The number of aromatic nitrogens is 1. The van der Waals surface area contributed by atoms with Crippen molar-refractivity contribution in [3.05, 3.63) is 35.3 Å². The highest BCUT2D eigenvalue weighted by Crippen LogP contribution is 2.39. The van der Waals surface area contributed by atoms with Gasteiger partial charge in [-0.3, -0.25) is 0 Å². The summed E-state index contributed by atoms with van der Waals surface area (Å²) in [6.45, 7) is 10.8. The van der Waals surface area contributed by atoms with Crippen LogP contribution < -0.4 is 4.72 Å². The highest BCUT2D eigenvalue weighted by Gasteiger charge is 2.47. The van der Waals surface area contributed by atoms with Gasteiger partial charge in [-0.25, -0.2) is 4.39 Å². The van der Waals surface area contributed by atoms with Crippen molar-refractivity contribution in [3.8, 4) is 0 Å². The first-order chi connectivity index (χ1) is 12.2. The first-order valence-electron chi connectivity index (χ1n) is 8.75. The molecule has 1 N–H and O–H groups in total. The lowest BCUT2D eigenvalue weighted by Gasteiger charge is -2.29. The average Bonchev–Trinajstić information content (AvgIpc) is 2.79. The van der Waals surface area contributed by atoms with Crippen LogP contribution in [-0.4, -0.2) is 20.0 Å². The van der Waals surface area contributed by atoms with Crippen molar-refractivity contribution in [3.63, 3.8) is 0 Å². The molecular formula is C19H26F4N2OS. The molecule has 0 saturated carbocycles. The smallest absolute Gasteiger partial charge is 0.412 e. The molecule has 0 spiro atoms. The topological polar surface area (TPSA) is 40.0 Å². The quantitative estimate of drug-likeness (QED) is 0.533. The fraction of sp³-hybridized carbons (Fsp3) is 0.579. The summed E-state index contributed by atoms with van der Waals surface area (Å²) in [5.41, 5.74) is 0.789. The van der Waals surface area contributed by atoms with Crippen LogP contribution in [0, 0.1) is 18.7 Å². The predicted molar refractivity (Wildman–Crippen MR) is 101 cm³/mol. The monoisotopic (exact) mass is 406 g/mol. The molecule has 3 nitrogen and oxygen atoms in total. The van der Waals surface area contributed by atoms with Gasteiger partial charge in [-0.1, -0.05) is 13.8 Å². The van der Waals surface area contributed by atoms with Gasteiger partial charge >= 0.3 is 6.18 Å². The molecule has 2 rings (SSSR count). The molecule has 1 heterocycles. The molecule has 0 unspecified atom stereocenters. The first-order valence-corrected chi connectivity index (χ1v) is 9.90. The second-order valence-corrected chi connectivity index (χ2v) is 10.2. The van der Waals surface area contributed by atoms with Crippen molar-refractivity contribution in [1.82, 2.24) is 9.29 Å². The molecule has 0 aliphatic carbocycles. The molecule has 2 aromatic rings. The lowest BCUT2D eigenvalue weighted by molar-refractivity contribution is -0.152. The third kappa shape index (κ3) is 4.97. The minimum absolute atomic E-state index is 0.116. The molecule has 0 saturated heterocycles. The van der Waals surface area contributed by atoms with E-state index in [0.29, 0.717) is 17.6 Å². The zero-order chi connectivity index (χ0) is 20.7. The Morgan fingerprint density at radius 3 is 2.26 bits per heavy atom. The zero-order valence-electron chi connectivity index (χ0n) is 16.4.